The molecule has 0 aliphatic rings. The Morgan fingerprint density at radius 2 is 2.12 bits per heavy atom. The second-order valence-electron chi connectivity index (χ2n) is 4.96. The number of carbonyl (C=O) groups is 1. The molecule has 1 aromatic carbocycles. The number of ether oxygens (including phenoxy) is 1. The maximum absolute atomic E-state index is 12.4. The first kappa shape index (κ1) is 15.9. The fourth-order valence-electron chi connectivity index (χ4n) is 2.18. The quantitative estimate of drug-likeness (QED) is 0.406. The van der Waals surface area contributed by atoms with Crippen LogP contribution in [0.2, 0.25) is 0 Å². The topological polar surface area (TPSA) is 101 Å². The number of aliphatic hydroxyl groups is 1. The first-order valence-corrected chi connectivity index (χ1v) is 7.98. The van der Waals surface area contributed by atoms with Crippen LogP contribution in [0, 0.1) is 0 Å². The number of aliphatic hydroxyl groups excluding tert-OH is 1. The number of thiophene rings is 1. The van der Waals surface area contributed by atoms with Crippen molar-refractivity contribution in [3.8, 4) is 5.75 Å². The van der Waals surface area contributed by atoms with Crippen LogP contribution in [-0.2, 0) is 6.42 Å². The van der Waals surface area contributed by atoms with E-state index in [9.17, 15) is 9.90 Å². The number of nitrogens with zero attached hydrogens (tertiary/aromatic N) is 3. The van der Waals surface area contributed by atoms with Crippen molar-refractivity contribution >= 4 is 22.9 Å². The molecule has 0 aliphatic carbocycles. The Bertz CT molecular complexity index is 854. The number of aromatic amines is 1. The summed E-state index contributed by atoms with van der Waals surface area (Å²) in [6.07, 6.45) is 1.72. The molecule has 3 aromatic rings. The Kier molecular flexibility index (Phi) is 4.66. The van der Waals surface area contributed by atoms with E-state index in [4.69, 9.17) is 4.74 Å². The lowest BCUT2D eigenvalue weighted by Crippen LogP contribution is -2.00. The number of nitrogens with one attached hydrogen (secondary N) is 1. The minimum atomic E-state index is -0.324. The predicted octanol–water partition coefficient (Wildman–Crippen LogP) is 2.64. The van der Waals surface area contributed by atoms with Gasteiger partial charge in [0.1, 0.15) is 5.75 Å². The zero-order valence-electron chi connectivity index (χ0n) is 12.8. The van der Waals surface area contributed by atoms with Crippen LogP contribution in [0.15, 0.2) is 41.1 Å². The molecule has 3 rings (SSSR count). The molecule has 0 atom stereocenters. The van der Waals surface area contributed by atoms with E-state index in [-0.39, 0.29) is 17.4 Å². The lowest BCUT2D eigenvalue weighted by Gasteiger charge is -2.04. The summed E-state index contributed by atoms with van der Waals surface area (Å²) in [5.41, 5.74) is 2.51. The van der Waals surface area contributed by atoms with Crippen molar-refractivity contribution in [2.24, 2.45) is 0 Å². The molecule has 0 unspecified atom stereocenters. The minimum absolute atomic E-state index is 0.0183. The van der Waals surface area contributed by atoms with Gasteiger partial charge in [0.15, 0.2) is 11.5 Å². The maximum Gasteiger partial charge on any atom is 0.239 e. The number of carbonyl (C=O) groups excluding carboxylic acids is 1. The highest BCUT2D eigenvalue weighted by Gasteiger charge is 2.14. The van der Waals surface area contributed by atoms with Gasteiger partial charge in [-0.05, 0) is 40.3 Å². The summed E-state index contributed by atoms with van der Waals surface area (Å²) in [5, 5.41) is 26.4. The van der Waals surface area contributed by atoms with E-state index in [0.29, 0.717) is 12.0 Å². The molecule has 2 N–H and O–H groups in total. The zero-order chi connectivity index (χ0) is 16.9. The van der Waals surface area contributed by atoms with Crippen molar-refractivity contribution in [2.45, 2.75) is 6.42 Å². The van der Waals surface area contributed by atoms with Gasteiger partial charge in [0.2, 0.25) is 5.82 Å². The van der Waals surface area contributed by atoms with Crippen LogP contribution in [0.5, 0.6) is 5.75 Å². The molecule has 0 bridgehead atoms. The van der Waals surface area contributed by atoms with E-state index < -0.39 is 0 Å². The Balaban J connectivity index is 1.79. The zero-order valence-corrected chi connectivity index (χ0v) is 13.6. The number of rotatable bonds is 6. The number of methoxy groups -OCH3 is 1. The van der Waals surface area contributed by atoms with Gasteiger partial charge in [-0.3, -0.25) is 4.79 Å². The molecular formula is C16H14N4O3S. The van der Waals surface area contributed by atoms with Crippen molar-refractivity contribution in [1.82, 2.24) is 20.6 Å². The molecule has 0 saturated heterocycles. The number of hydrogen-bond acceptors (Lipinski definition) is 7. The molecule has 8 heteroatoms. The van der Waals surface area contributed by atoms with Crippen molar-refractivity contribution in [1.29, 1.82) is 0 Å². The highest BCUT2D eigenvalue weighted by Crippen LogP contribution is 2.22. The third-order valence-corrected chi connectivity index (χ3v) is 4.20. The van der Waals surface area contributed by atoms with Crippen LogP contribution >= 0.6 is 11.3 Å². The van der Waals surface area contributed by atoms with E-state index in [1.807, 2.05) is 29.6 Å². The largest absolute Gasteiger partial charge is 0.504 e. The van der Waals surface area contributed by atoms with E-state index in [1.54, 1.807) is 12.5 Å². The van der Waals surface area contributed by atoms with Gasteiger partial charge in [-0.2, -0.15) is 16.6 Å². The second-order valence-corrected chi connectivity index (χ2v) is 5.71. The number of H-pyrrole nitrogens is 1. The van der Waals surface area contributed by atoms with E-state index in [1.165, 1.54) is 11.3 Å². The van der Waals surface area contributed by atoms with Gasteiger partial charge in [-0.1, -0.05) is 12.1 Å². The molecule has 0 radical (unpaired) electrons. The van der Waals surface area contributed by atoms with Gasteiger partial charge in [0.05, 0.1) is 7.11 Å². The Hall–Kier alpha value is -3.00. The third kappa shape index (κ3) is 3.49. The van der Waals surface area contributed by atoms with Crippen molar-refractivity contribution < 1.29 is 14.6 Å². The average Bonchev–Trinajstić information content (AvgIpc) is 3.27. The number of ketones is 1. The summed E-state index contributed by atoms with van der Waals surface area (Å²) in [6.45, 7) is 0. The highest BCUT2D eigenvalue weighted by molar-refractivity contribution is 7.08. The molecule has 0 fully saturated rings. The number of benzene rings is 1. The van der Waals surface area contributed by atoms with Crippen molar-refractivity contribution in [3.63, 3.8) is 0 Å². The lowest BCUT2D eigenvalue weighted by atomic mass is 10.0. The van der Waals surface area contributed by atoms with Crippen LogP contribution in [0.4, 0.5) is 0 Å². The molecule has 7 nitrogen and oxygen atoms in total. The molecule has 0 aliphatic heterocycles. The fraction of sp³-hybridized carbons (Fsp3) is 0.125. The summed E-state index contributed by atoms with van der Waals surface area (Å²) < 4.78 is 5.14. The number of hydrogen-bond donors (Lipinski definition) is 2. The normalized spacial score (nSPS) is 11.5. The average molecular weight is 342 g/mol. The SMILES string of the molecule is COc1ccc(Cc2cscc2C(=O)C=C(O)c2nn[nH]n2)cc1. The predicted molar refractivity (Wildman–Crippen MR) is 89.2 cm³/mol. The maximum atomic E-state index is 12.4. The van der Waals surface area contributed by atoms with Gasteiger partial charge in [0.25, 0.3) is 0 Å². The van der Waals surface area contributed by atoms with E-state index in [2.05, 4.69) is 20.6 Å². The van der Waals surface area contributed by atoms with Gasteiger partial charge in [0, 0.05) is 17.0 Å². The van der Waals surface area contributed by atoms with E-state index in [0.717, 1.165) is 23.0 Å². The molecule has 24 heavy (non-hydrogen) atoms. The molecule has 0 spiro atoms. The summed E-state index contributed by atoms with van der Waals surface area (Å²) in [4.78, 5) is 12.4. The smallest absolute Gasteiger partial charge is 0.239 e. The molecule has 122 valence electrons. The standard InChI is InChI=1S/C16H14N4O3S/c1-23-12-4-2-10(3-5-12)6-11-8-24-9-13(11)14(21)7-15(22)16-17-19-20-18-16/h2-5,7-9,22H,6H2,1H3,(H,17,18,19,20). The van der Waals surface area contributed by atoms with E-state index >= 15 is 0 Å². The molecular weight excluding hydrogens is 328 g/mol. The molecule has 2 heterocycles. The van der Waals surface area contributed by atoms with Crippen molar-refractivity contribution in [3.05, 3.63) is 63.6 Å². The Morgan fingerprint density at radius 1 is 1.33 bits per heavy atom. The molecule has 0 saturated carbocycles. The van der Waals surface area contributed by atoms with Gasteiger partial charge >= 0.3 is 0 Å². The summed E-state index contributed by atoms with van der Waals surface area (Å²) in [6, 6.07) is 7.67. The summed E-state index contributed by atoms with van der Waals surface area (Å²) in [7, 11) is 1.62. The van der Waals surface area contributed by atoms with Gasteiger partial charge in [-0.15, -0.1) is 10.2 Å². The van der Waals surface area contributed by atoms with Crippen LogP contribution in [0.3, 0.4) is 0 Å². The van der Waals surface area contributed by atoms with Crippen LogP contribution in [0.25, 0.3) is 5.76 Å². The number of allylic oxidation sites excluding steroid dienone is 1. The van der Waals surface area contributed by atoms with Gasteiger partial charge in [-0.25, -0.2) is 0 Å². The lowest BCUT2D eigenvalue weighted by molar-refractivity contribution is 0.104. The highest BCUT2D eigenvalue weighted by atomic mass is 32.1. The van der Waals surface area contributed by atoms with Gasteiger partial charge < -0.3 is 9.84 Å². The Morgan fingerprint density at radius 3 is 2.79 bits per heavy atom. The first-order valence-electron chi connectivity index (χ1n) is 7.04. The fourth-order valence-corrected chi connectivity index (χ4v) is 3.02. The third-order valence-electron chi connectivity index (χ3n) is 3.40. The summed E-state index contributed by atoms with van der Waals surface area (Å²) in [5.74, 6) is 0.140. The second kappa shape index (κ2) is 7.05. The first-order chi connectivity index (χ1) is 11.7. The number of aromatic nitrogens is 4. The minimum Gasteiger partial charge on any atom is -0.504 e. The summed E-state index contributed by atoms with van der Waals surface area (Å²) >= 11 is 1.44. The van der Waals surface area contributed by atoms with Crippen molar-refractivity contribution in [2.75, 3.05) is 7.11 Å². The van der Waals surface area contributed by atoms with Crippen LogP contribution in [-0.4, -0.2) is 38.6 Å². The molecule has 0 amide bonds. The van der Waals surface area contributed by atoms with Crippen LogP contribution < -0.4 is 4.74 Å². The number of tetrazole rings is 1. The Labute approximate surface area is 141 Å². The monoisotopic (exact) mass is 342 g/mol. The molecule has 2 aromatic heterocycles. The van der Waals surface area contributed by atoms with Crippen LogP contribution in [0.1, 0.15) is 27.3 Å².